The number of hydrogen-bond donors (Lipinski definition) is 1. The molecule has 1 aromatic carbocycles. The molecule has 0 aliphatic heterocycles. The van der Waals surface area contributed by atoms with Crippen molar-refractivity contribution >= 4 is 43.1 Å². The summed E-state index contributed by atoms with van der Waals surface area (Å²) in [6.45, 7) is 2.04. The van der Waals surface area contributed by atoms with E-state index in [0.29, 0.717) is 6.42 Å². The molecule has 19 heavy (non-hydrogen) atoms. The molecule has 0 spiro atoms. The first-order valence-electron chi connectivity index (χ1n) is 5.77. The highest BCUT2D eigenvalue weighted by molar-refractivity contribution is 7.90. The fourth-order valence-electron chi connectivity index (χ4n) is 1.58. The van der Waals surface area contributed by atoms with Gasteiger partial charge >= 0.3 is 0 Å². The Morgan fingerprint density at radius 3 is 2.79 bits per heavy atom. The van der Waals surface area contributed by atoms with Crippen LogP contribution in [0.15, 0.2) is 23.1 Å². The molecular weight excluding hydrogens is 284 g/mol. The van der Waals surface area contributed by atoms with E-state index in [1.165, 1.54) is 17.8 Å². The maximum absolute atomic E-state index is 11.5. The minimum atomic E-state index is -3.24. The molecule has 0 unspecified atom stereocenters. The van der Waals surface area contributed by atoms with Gasteiger partial charge in [0.05, 0.1) is 17.0 Å². The number of benzene rings is 1. The van der Waals surface area contributed by atoms with Gasteiger partial charge in [-0.1, -0.05) is 6.92 Å². The van der Waals surface area contributed by atoms with E-state index in [9.17, 15) is 13.2 Å². The van der Waals surface area contributed by atoms with Crippen molar-refractivity contribution in [1.82, 2.24) is 4.37 Å². The SMILES string of the molecule is CCC(=O)CNc1snc2ccc(S(C)(=O)=O)cc12. The van der Waals surface area contributed by atoms with Crippen molar-refractivity contribution in [3.63, 3.8) is 0 Å². The van der Waals surface area contributed by atoms with Crippen LogP contribution in [0.1, 0.15) is 13.3 Å². The highest BCUT2D eigenvalue weighted by Gasteiger charge is 2.12. The van der Waals surface area contributed by atoms with Gasteiger partial charge in [-0.25, -0.2) is 8.42 Å². The number of rotatable bonds is 5. The summed E-state index contributed by atoms with van der Waals surface area (Å²) in [5.41, 5.74) is 0.726. The Morgan fingerprint density at radius 1 is 1.42 bits per heavy atom. The quantitative estimate of drug-likeness (QED) is 0.914. The summed E-state index contributed by atoms with van der Waals surface area (Å²) in [7, 11) is -3.24. The zero-order valence-corrected chi connectivity index (χ0v) is 12.3. The third kappa shape index (κ3) is 3.10. The highest BCUT2D eigenvalue weighted by atomic mass is 32.2. The van der Waals surface area contributed by atoms with E-state index in [4.69, 9.17) is 0 Å². The number of carbonyl (C=O) groups is 1. The molecule has 0 saturated heterocycles. The van der Waals surface area contributed by atoms with Gasteiger partial charge in [0.25, 0.3) is 0 Å². The second kappa shape index (κ2) is 5.26. The molecule has 2 aromatic rings. The molecule has 102 valence electrons. The van der Waals surface area contributed by atoms with Gasteiger partial charge in [-0.3, -0.25) is 4.79 Å². The number of fused-ring (bicyclic) bond motifs is 1. The van der Waals surface area contributed by atoms with Crippen molar-refractivity contribution in [2.75, 3.05) is 18.1 Å². The Bertz CT molecular complexity index is 720. The monoisotopic (exact) mass is 298 g/mol. The number of carbonyl (C=O) groups excluding carboxylic acids is 1. The fourth-order valence-corrected chi connectivity index (χ4v) is 2.98. The molecule has 1 heterocycles. The molecule has 5 nitrogen and oxygen atoms in total. The minimum absolute atomic E-state index is 0.0980. The van der Waals surface area contributed by atoms with Crippen molar-refractivity contribution in [2.45, 2.75) is 18.2 Å². The molecule has 2 rings (SSSR count). The average Bonchev–Trinajstić information content (AvgIpc) is 2.77. The Hall–Kier alpha value is -1.47. The predicted octanol–water partition coefficient (Wildman–Crippen LogP) is 2.09. The van der Waals surface area contributed by atoms with Crippen LogP contribution in [0.2, 0.25) is 0 Å². The standard InChI is InChI=1S/C12H14N2O3S2/c1-3-8(15)7-13-12-10-6-9(19(2,16)17)4-5-11(10)14-18-12/h4-6,13H,3,7H2,1-2H3. The molecule has 0 atom stereocenters. The Kier molecular flexibility index (Phi) is 3.86. The van der Waals surface area contributed by atoms with Crippen molar-refractivity contribution in [3.8, 4) is 0 Å². The molecule has 0 aliphatic rings. The predicted molar refractivity (Wildman–Crippen MR) is 76.5 cm³/mol. The van der Waals surface area contributed by atoms with Gasteiger partial charge < -0.3 is 5.32 Å². The molecule has 0 aliphatic carbocycles. The van der Waals surface area contributed by atoms with Gasteiger partial charge in [0.1, 0.15) is 5.00 Å². The second-order valence-corrected chi connectivity index (χ2v) is 7.00. The lowest BCUT2D eigenvalue weighted by Gasteiger charge is -2.03. The van der Waals surface area contributed by atoms with Gasteiger partial charge in [0.15, 0.2) is 15.6 Å². The van der Waals surface area contributed by atoms with Crippen molar-refractivity contribution in [3.05, 3.63) is 18.2 Å². The third-order valence-corrected chi connectivity index (χ3v) is 4.66. The number of nitrogens with one attached hydrogen (secondary N) is 1. The van der Waals surface area contributed by atoms with Crippen LogP contribution < -0.4 is 5.32 Å². The zero-order chi connectivity index (χ0) is 14.0. The van der Waals surface area contributed by atoms with Crippen LogP contribution in [-0.4, -0.2) is 31.4 Å². The number of nitrogens with zero attached hydrogens (tertiary/aromatic N) is 1. The molecule has 0 saturated carbocycles. The number of hydrogen-bond acceptors (Lipinski definition) is 6. The van der Waals surface area contributed by atoms with Gasteiger partial charge in [-0.05, 0) is 29.7 Å². The maximum atomic E-state index is 11.5. The first-order valence-corrected chi connectivity index (χ1v) is 8.43. The van der Waals surface area contributed by atoms with E-state index < -0.39 is 9.84 Å². The van der Waals surface area contributed by atoms with Gasteiger partial charge in [0, 0.05) is 18.1 Å². The van der Waals surface area contributed by atoms with Crippen molar-refractivity contribution in [1.29, 1.82) is 0 Å². The Labute approximate surface area is 115 Å². The average molecular weight is 298 g/mol. The van der Waals surface area contributed by atoms with Gasteiger partial charge in [0.2, 0.25) is 0 Å². The van der Waals surface area contributed by atoms with E-state index in [-0.39, 0.29) is 17.2 Å². The topological polar surface area (TPSA) is 76.1 Å². The summed E-state index contributed by atoms with van der Waals surface area (Å²) in [6.07, 6.45) is 1.64. The number of Topliss-reactive ketones (excluding diaryl/α,β-unsaturated/α-hetero) is 1. The molecular formula is C12H14N2O3S2. The molecule has 7 heteroatoms. The van der Waals surface area contributed by atoms with Crippen molar-refractivity contribution < 1.29 is 13.2 Å². The third-order valence-electron chi connectivity index (χ3n) is 2.72. The smallest absolute Gasteiger partial charge is 0.175 e. The minimum Gasteiger partial charge on any atom is -0.368 e. The summed E-state index contributed by atoms with van der Waals surface area (Å²) in [5, 5.41) is 4.47. The van der Waals surface area contributed by atoms with Crippen molar-refractivity contribution in [2.24, 2.45) is 0 Å². The maximum Gasteiger partial charge on any atom is 0.175 e. The molecule has 0 amide bonds. The van der Waals surface area contributed by atoms with Crippen LogP contribution in [0.5, 0.6) is 0 Å². The summed E-state index contributed by atoms with van der Waals surface area (Å²) in [6, 6.07) is 4.81. The van der Waals surface area contributed by atoms with Crippen LogP contribution >= 0.6 is 11.5 Å². The van der Waals surface area contributed by atoms with E-state index in [1.54, 1.807) is 25.1 Å². The van der Waals surface area contributed by atoms with Gasteiger partial charge in [-0.15, -0.1) is 0 Å². The first kappa shape index (κ1) is 14.0. The lowest BCUT2D eigenvalue weighted by Crippen LogP contribution is -2.11. The Morgan fingerprint density at radius 2 is 2.16 bits per heavy atom. The number of anilines is 1. The van der Waals surface area contributed by atoms with Crippen LogP contribution in [0, 0.1) is 0 Å². The first-order chi connectivity index (χ1) is 8.91. The lowest BCUT2D eigenvalue weighted by molar-refractivity contribution is -0.117. The van der Waals surface area contributed by atoms with Crippen LogP contribution in [0.25, 0.3) is 10.9 Å². The summed E-state index contributed by atoms with van der Waals surface area (Å²) < 4.78 is 27.3. The van der Waals surface area contributed by atoms with E-state index in [2.05, 4.69) is 9.69 Å². The van der Waals surface area contributed by atoms with Crippen LogP contribution in [0.3, 0.4) is 0 Å². The number of ketones is 1. The fraction of sp³-hybridized carbons (Fsp3) is 0.333. The number of aromatic nitrogens is 1. The van der Waals surface area contributed by atoms with E-state index in [1.807, 2.05) is 0 Å². The molecule has 0 radical (unpaired) electrons. The highest BCUT2D eigenvalue weighted by Crippen LogP contribution is 2.29. The summed E-state index contributed by atoms with van der Waals surface area (Å²) >= 11 is 1.23. The van der Waals surface area contributed by atoms with E-state index in [0.717, 1.165) is 15.9 Å². The molecule has 1 N–H and O–H groups in total. The molecule has 0 bridgehead atoms. The number of sulfone groups is 1. The lowest BCUT2D eigenvalue weighted by atomic mass is 10.2. The molecule has 0 fully saturated rings. The molecule has 1 aromatic heterocycles. The zero-order valence-electron chi connectivity index (χ0n) is 10.6. The van der Waals surface area contributed by atoms with Gasteiger partial charge in [-0.2, -0.15) is 4.37 Å². The second-order valence-electron chi connectivity index (χ2n) is 4.21. The summed E-state index contributed by atoms with van der Waals surface area (Å²) in [5.74, 6) is 0.0980. The van der Waals surface area contributed by atoms with Crippen LogP contribution in [-0.2, 0) is 14.6 Å². The largest absolute Gasteiger partial charge is 0.368 e. The summed E-state index contributed by atoms with van der Waals surface area (Å²) in [4.78, 5) is 11.5. The van der Waals surface area contributed by atoms with E-state index >= 15 is 0 Å². The Balaban J connectivity index is 2.38. The van der Waals surface area contributed by atoms with Crippen LogP contribution in [0.4, 0.5) is 5.00 Å². The normalized spacial score (nSPS) is 11.7.